The lowest BCUT2D eigenvalue weighted by Crippen LogP contribution is -2.45. The van der Waals surface area contributed by atoms with E-state index in [4.69, 9.17) is 4.74 Å². The largest absolute Gasteiger partial charge is 0.492 e. The maximum atomic E-state index is 6.21. The molecule has 1 aliphatic heterocycles. The molecule has 2 aromatic carbocycles. The number of likely N-dealkylation sites (N-methyl/N-ethyl adjacent to an activating group) is 1. The molecule has 0 N–H and O–H groups in total. The monoisotopic (exact) mass is 338 g/mol. The summed E-state index contributed by atoms with van der Waals surface area (Å²) < 4.78 is 6.21. The lowest BCUT2D eigenvalue weighted by molar-refractivity contribution is 0.133. The molecule has 3 rings (SSSR count). The van der Waals surface area contributed by atoms with E-state index in [-0.39, 0.29) is 0 Å². The van der Waals surface area contributed by atoms with Gasteiger partial charge in [-0.2, -0.15) is 0 Å². The molecule has 134 valence electrons. The lowest BCUT2D eigenvalue weighted by Gasteiger charge is -2.32. The first-order valence-electron chi connectivity index (χ1n) is 9.32. The highest BCUT2D eigenvalue weighted by Crippen LogP contribution is 2.32. The molecule has 0 aliphatic carbocycles. The molecular weight excluding hydrogens is 308 g/mol. The van der Waals surface area contributed by atoms with Crippen LogP contribution in [0.4, 0.5) is 0 Å². The van der Waals surface area contributed by atoms with Crippen molar-refractivity contribution in [2.75, 3.05) is 46.4 Å². The summed E-state index contributed by atoms with van der Waals surface area (Å²) in [4.78, 5) is 4.88. The zero-order chi connectivity index (χ0) is 17.6. The van der Waals surface area contributed by atoms with Crippen LogP contribution in [-0.4, -0.2) is 56.2 Å². The van der Waals surface area contributed by atoms with Crippen LogP contribution >= 0.6 is 0 Å². The Hall–Kier alpha value is -1.84. The van der Waals surface area contributed by atoms with E-state index >= 15 is 0 Å². The Morgan fingerprint density at radius 1 is 1.00 bits per heavy atom. The molecule has 0 spiro atoms. The summed E-state index contributed by atoms with van der Waals surface area (Å²) in [7, 11) is 2.19. The fourth-order valence-corrected chi connectivity index (χ4v) is 3.42. The number of hydrogen-bond acceptors (Lipinski definition) is 3. The molecule has 0 amide bonds. The molecule has 1 fully saturated rings. The molecule has 1 unspecified atom stereocenters. The normalized spacial score (nSPS) is 17.4. The lowest BCUT2D eigenvalue weighted by atomic mass is 9.91. The number of hydrogen-bond donors (Lipinski definition) is 0. The van der Waals surface area contributed by atoms with Crippen molar-refractivity contribution in [1.29, 1.82) is 0 Å². The van der Waals surface area contributed by atoms with Crippen LogP contribution < -0.4 is 4.74 Å². The van der Waals surface area contributed by atoms with E-state index in [1.54, 1.807) is 0 Å². The van der Waals surface area contributed by atoms with Crippen molar-refractivity contribution in [3.8, 4) is 5.75 Å². The summed E-state index contributed by atoms with van der Waals surface area (Å²) in [5, 5.41) is 0. The second-order valence-corrected chi connectivity index (χ2v) is 7.17. The summed E-state index contributed by atoms with van der Waals surface area (Å²) in [5.41, 5.74) is 3.89. The molecule has 1 aliphatic rings. The molecule has 0 radical (unpaired) electrons. The van der Waals surface area contributed by atoms with Gasteiger partial charge in [0.05, 0.1) is 0 Å². The standard InChI is InChI=1S/C22H30N2O/c1-18-9-10-22(25-16-15-24-13-11-23(3)12-14-24)21(17-18)19(2)20-7-5-4-6-8-20/h4-10,17,19H,11-16H2,1-3H3. The number of benzene rings is 2. The van der Waals surface area contributed by atoms with E-state index in [2.05, 4.69) is 79.2 Å². The second kappa shape index (κ2) is 8.50. The van der Waals surface area contributed by atoms with Gasteiger partial charge in [-0.15, -0.1) is 0 Å². The predicted molar refractivity (Wildman–Crippen MR) is 105 cm³/mol. The zero-order valence-corrected chi connectivity index (χ0v) is 15.7. The molecule has 1 heterocycles. The maximum absolute atomic E-state index is 6.21. The molecule has 3 nitrogen and oxygen atoms in total. The number of ether oxygens (including phenoxy) is 1. The Kier molecular flexibility index (Phi) is 6.11. The topological polar surface area (TPSA) is 15.7 Å². The third kappa shape index (κ3) is 4.83. The second-order valence-electron chi connectivity index (χ2n) is 7.17. The molecule has 1 atom stereocenters. The third-order valence-electron chi connectivity index (χ3n) is 5.19. The number of nitrogens with zero attached hydrogens (tertiary/aromatic N) is 2. The van der Waals surface area contributed by atoms with Crippen LogP contribution in [0, 0.1) is 6.92 Å². The smallest absolute Gasteiger partial charge is 0.123 e. The molecule has 2 aromatic rings. The highest BCUT2D eigenvalue weighted by molar-refractivity contribution is 5.43. The molecule has 0 saturated carbocycles. The molecule has 0 bridgehead atoms. The fraction of sp³-hybridized carbons (Fsp3) is 0.455. The van der Waals surface area contributed by atoms with Crippen LogP contribution in [0.1, 0.15) is 29.5 Å². The summed E-state index contributed by atoms with van der Waals surface area (Å²) in [5.74, 6) is 1.36. The number of aryl methyl sites for hydroxylation is 1. The quantitative estimate of drug-likeness (QED) is 0.797. The van der Waals surface area contributed by atoms with Gasteiger partial charge < -0.3 is 9.64 Å². The summed E-state index contributed by atoms with van der Waals surface area (Å²) in [6, 6.07) is 17.2. The Labute approximate surface area is 152 Å². The first kappa shape index (κ1) is 18.0. The van der Waals surface area contributed by atoms with Gasteiger partial charge in [-0.05, 0) is 25.6 Å². The summed E-state index contributed by atoms with van der Waals surface area (Å²) in [6.45, 7) is 10.7. The molecular formula is C22H30N2O. The van der Waals surface area contributed by atoms with Crippen LogP contribution in [0.5, 0.6) is 5.75 Å². The third-order valence-corrected chi connectivity index (χ3v) is 5.19. The van der Waals surface area contributed by atoms with E-state index < -0.39 is 0 Å². The van der Waals surface area contributed by atoms with Crippen molar-refractivity contribution in [3.05, 3.63) is 65.2 Å². The number of piperazine rings is 1. The van der Waals surface area contributed by atoms with Crippen molar-refractivity contribution in [2.24, 2.45) is 0 Å². The van der Waals surface area contributed by atoms with Crippen LogP contribution in [-0.2, 0) is 0 Å². The summed E-state index contributed by atoms with van der Waals surface area (Å²) in [6.07, 6.45) is 0. The van der Waals surface area contributed by atoms with Gasteiger partial charge in [0, 0.05) is 44.2 Å². The minimum absolute atomic E-state index is 0.333. The van der Waals surface area contributed by atoms with Gasteiger partial charge in [0.15, 0.2) is 0 Å². The van der Waals surface area contributed by atoms with Crippen molar-refractivity contribution >= 4 is 0 Å². The fourth-order valence-electron chi connectivity index (χ4n) is 3.42. The molecule has 0 aromatic heterocycles. The minimum Gasteiger partial charge on any atom is -0.492 e. The average molecular weight is 338 g/mol. The first-order chi connectivity index (χ1) is 12.1. The van der Waals surface area contributed by atoms with Gasteiger partial charge in [0.2, 0.25) is 0 Å². The average Bonchev–Trinajstić information content (AvgIpc) is 2.64. The Morgan fingerprint density at radius 2 is 1.72 bits per heavy atom. The number of rotatable bonds is 6. The van der Waals surface area contributed by atoms with Crippen molar-refractivity contribution in [2.45, 2.75) is 19.8 Å². The van der Waals surface area contributed by atoms with Crippen LogP contribution in [0.3, 0.4) is 0 Å². The van der Waals surface area contributed by atoms with E-state index in [1.165, 1.54) is 16.7 Å². The molecule has 25 heavy (non-hydrogen) atoms. The van der Waals surface area contributed by atoms with E-state index in [0.717, 1.165) is 45.1 Å². The van der Waals surface area contributed by atoms with Crippen LogP contribution in [0.25, 0.3) is 0 Å². The maximum Gasteiger partial charge on any atom is 0.123 e. The Morgan fingerprint density at radius 3 is 2.44 bits per heavy atom. The van der Waals surface area contributed by atoms with Gasteiger partial charge in [-0.3, -0.25) is 4.90 Å². The molecule has 1 saturated heterocycles. The summed E-state index contributed by atoms with van der Waals surface area (Å²) >= 11 is 0. The highest BCUT2D eigenvalue weighted by atomic mass is 16.5. The van der Waals surface area contributed by atoms with Crippen molar-refractivity contribution in [1.82, 2.24) is 9.80 Å². The van der Waals surface area contributed by atoms with Crippen molar-refractivity contribution in [3.63, 3.8) is 0 Å². The van der Waals surface area contributed by atoms with Gasteiger partial charge in [-0.1, -0.05) is 55.0 Å². The van der Waals surface area contributed by atoms with Gasteiger partial charge >= 0.3 is 0 Å². The Bertz CT molecular complexity index is 663. The zero-order valence-electron chi connectivity index (χ0n) is 15.7. The van der Waals surface area contributed by atoms with Crippen LogP contribution in [0.15, 0.2) is 48.5 Å². The van der Waals surface area contributed by atoms with E-state index in [9.17, 15) is 0 Å². The van der Waals surface area contributed by atoms with E-state index in [1.807, 2.05) is 0 Å². The van der Waals surface area contributed by atoms with Crippen molar-refractivity contribution < 1.29 is 4.74 Å². The van der Waals surface area contributed by atoms with Gasteiger partial charge in [0.25, 0.3) is 0 Å². The SMILES string of the molecule is Cc1ccc(OCCN2CCN(C)CC2)c(C(C)c2ccccc2)c1. The van der Waals surface area contributed by atoms with Crippen LogP contribution in [0.2, 0.25) is 0 Å². The highest BCUT2D eigenvalue weighted by Gasteiger charge is 2.16. The Balaban J connectivity index is 1.65. The van der Waals surface area contributed by atoms with E-state index in [0.29, 0.717) is 5.92 Å². The minimum atomic E-state index is 0.333. The van der Waals surface area contributed by atoms with Gasteiger partial charge in [0.1, 0.15) is 12.4 Å². The first-order valence-corrected chi connectivity index (χ1v) is 9.32. The predicted octanol–water partition coefficient (Wildman–Crippen LogP) is 3.77. The molecule has 3 heteroatoms. The van der Waals surface area contributed by atoms with Gasteiger partial charge in [-0.25, -0.2) is 0 Å².